The van der Waals surface area contributed by atoms with Gasteiger partial charge in [-0.05, 0) is 54.4 Å². The second-order valence-corrected chi connectivity index (χ2v) is 7.96. The Hall–Kier alpha value is -2.45. The molecule has 0 spiro atoms. The number of nitrogens with zero attached hydrogens (tertiary/aromatic N) is 3. The lowest BCUT2D eigenvalue weighted by molar-refractivity contribution is -0.176. The SMILES string of the molecule is Cc1cc2c(cnn2-c2ccc(F)cc2)cc1[C@@H]1CNCCN1CC(C)C(F)(F)F. The molecule has 0 bridgehead atoms. The second-order valence-electron chi connectivity index (χ2n) is 7.96. The Morgan fingerprint density at radius 2 is 1.93 bits per heavy atom. The summed E-state index contributed by atoms with van der Waals surface area (Å²) in [5.41, 5.74) is 3.62. The molecule has 0 saturated carbocycles. The molecule has 1 saturated heterocycles. The molecule has 0 radical (unpaired) electrons. The summed E-state index contributed by atoms with van der Waals surface area (Å²) >= 11 is 0. The quantitative estimate of drug-likeness (QED) is 0.626. The van der Waals surface area contributed by atoms with E-state index in [1.807, 2.05) is 24.0 Å². The standard InChI is InChI=1S/C22H24F4N4/c1-14-9-20-16(11-28-30(20)18-5-3-17(23)4-6-18)10-19(14)21-12-27-7-8-29(21)13-15(2)22(24,25)26/h3-6,9-11,15,21,27H,7-8,12-13H2,1-2H3/t15?,21-/m0/s1. The Labute approximate surface area is 172 Å². The van der Waals surface area contributed by atoms with Crippen LogP contribution >= 0.6 is 0 Å². The third kappa shape index (κ3) is 4.06. The van der Waals surface area contributed by atoms with Gasteiger partial charge in [0.25, 0.3) is 0 Å². The van der Waals surface area contributed by atoms with Crippen LogP contribution in [0.5, 0.6) is 0 Å². The fourth-order valence-corrected chi connectivity index (χ4v) is 4.07. The van der Waals surface area contributed by atoms with Crippen LogP contribution in [0.1, 0.15) is 24.1 Å². The summed E-state index contributed by atoms with van der Waals surface area (Å²) in [6, 6.07) is 9.98. The summed E-state index contributed by atoms with van der Waals surface area (Å²) in [6.07, 6.45) is -2.47. The molecule has 4 nitrogen and oxygen atoms in total. The average Bonchev–Trinajstić information content (AvgIpc) is 3.10. The van der Waals surface area contributed by atoms with E-state index in [9.17, 15) is 17.6 Å². The number of halogens is 4. The smallest absolute Gasteiger partial charge is 0.314 e. The van der Waals surface area contributed by atoms with Crippen LogP contribution in [-0.2, 0) is 0 Å². The number of nitrogens with one attached hydrogen (secondary N) is 1. The van der Waals surface area contributed by atoms with Gasteiger partial charge in [0.05, 0.1) is 23.3 Å². The first-order chi connectivity index (χ1) is 14.2. The predicted octanol–water partition coefficient (Wildman–Crippen LogP) is 4.62. The Kier molecular flexibility index (Phi) is 5.55. The number of aryl methyl sites for hydroxylation is 1. The van der Waals surface area contributed by atoms with Gasteiger partial charge >= 0.3 is 6.18 Å². The molecular formula is C22H24F4N4. The molecule has 8 heteroatoms. The number of aromatic nitrogens is 2. The van der Waals surface area contributed by atoms with Crippen LogP contribution in [0.2, 0.25) is 0 Å². The van der Waals surface area contributed by atoms with Gasteiger partial charge in [-0.15, -0.1) is 0 Å². The molecule has 0 amide bonds. The summed E-state index contributed by atoms with van der Waals surface area (Å²) in [5.74, 6) is -1.70. The first-order valence-corrected chi connectivity index (χ1v) is 10.00. The zero-order chi connectivity index (χ0) is 21.5. The predicted molar refractivity (Wildman–Crippen MR) is 108 cm³/mol. The molecule has 2 aromatic carbocycles. The summed E-state index contributed by atoms with van der Waals surface area (Å²) in [4.78, 5) is 1.92. The first-order valence-electron chi connectivity index (χ1n) is 10.00. The van der Waals surface area contributed by atoms with E-state index >= 15 is 0 Å². The van der Waals surface area contributed by atoms with E-state index in [2.05, 4.69) is 10.4 Å². The number of hydrogen-bond acceptors (Lipinski definition) is 3. The van der Waals surface area contributed by atoms with E-state index in [-0.39, 0.29) is 18.4 Å². The Morgan fingerprint density at radius 3 is 2.63 bits per heavy atom. The topological polar surface area (TPSA) is 33.1 Å². The van der Waals surface area contributed by atoms with Crippen molar-refractivity contribution >= 4 is 10.9 Å². The van der Waals surface area contributed by atoms with Crippen molar-refractivity contribution in [2.45, 2.75) is 26.1 Å². The van der Waals surface area contributed by atoms with Crippen LogP contribution in [0.3, 0.4) is 0 Å². The third-order valence-electron chi connectivity index (χ3n) is 5.81. The Morgan fingerprint density at radius 1 is 1.20 bits per heavy atom. The number of benzene rings is 2. The summed E-state index contributed by atoms with van der Waals surface area (Å²) in [7, 11) is 0. The molecule has 1 aliphatic heterocycles. The largest absolute Gasteiger partial charge is 0.392 e. The molecule has 2 heterocycles. The molecule has 1 unspecified atom stereocenters. The third-order valence-corrected chi connectivity index (χ3v) is 5.81. The van der Waals surface area contributed by atoms with Crippen molar-refractivity contribution in [2.75, 3.05) is 26.2 Å². The second kappa shape index (κ2) is 8.00. The van der Waals surface area contributed by atoms with Gasteiger partial charge in [-0.1, -0.05) is 6.92 Å². The molecule has 1 N–H and O–H groups in total. The van der Waals surface area contributed by atoms with Crippen molar-refractivity contribution in [2.24, 2.45) is 5.92 Å². The zero-order valence-electron chi connectivity index (χ0n) is 16.9. The van der Waals surface area contributed by atoms with Gasteiger partial charge < -0.3 is 5.32 Å². The van der Waals surface area contributed by atoms with Gasteiger partial charge in [0.15, 0.2) is 0 Å². The van der Waals surface area contributed by atoms with E-state index < -0.39 is 12.1 Å². The van der Waals surface area contributed by atoms with Gasteiger partial charge in [-0.25, -0.2) is 9.07 Å². The average molecular weight is 420 g/mol. The van der Waals surface area contributed by atoms with Crippen LogP contribution in [0, 0.1) is 18.7 Å². The highest BCUT2D eigenvalue weighted by Crippen LogP contribution is 2.33. The molecule has 160 valence electrons. The molecule has 30 heavy (non-hydrogen) atoms. The fraction of sp³-hybridized carbons (Fsp3) is 0.409. The minimum Gasteiger partial charge on any atom is -0.314 e. The lowest BCUT2D eigenvalue weighted by Crippen LogP contribution is -2.49. The van der Waals surface area contributed by atoms with Crippen molar-refractivity contribution in [3.8, 4) is 5.69 Å². The minimum absolute atomic E-state index is 0.0256. The van der Waals surface area contributed by atoms with E-state index in [1.54, 1.807) is 23.0 Å². The first kappa shape index (κ1) is 20.8. The van der Waals surface area contributed by atoms with E-state index in [4.69, 9.17) is 0 Å². The molecular weight excluding hydrogens is 396 g/mol. The van der Waals surface area contributed by atoms with Crippen LogP contribution in [0.4, 0.5) is 17.6 Å². The molecule has 3 aromatic rings. The molecule has 1 aromatic heterocycles. The molecule has 1 aliphatic rings. The number of hydrogen-bond donors (Lipinski definition) is 1. The van der Waals surface area contributed by atoms with Crippen molar-refractivity contribution < 1.29 is 17.6 Å². The van der Waals surface area contributed by atoms with Crippen molar-refractivity contribution in [1.82, 2.24) is 20.0 Å². The van der Waals surface area contributed by atoms with Crippen molar-refractivity contribution in [3.05, 3.63) is 59.5 Å². The summed E-state index contributed by atoms with van der Waals surface area (Å²) in [5, 5.41) is 8.64. The van der Waals surface area contributed by atoms with E-state index in [0.717, 1.165) is 27.7 Å². The van der Waals surface area contributed by atoms with Crippen LogP contribution < -0.4 is 5.32 Å². The number of fused-ring (bicyclic) bond motifs is 1. The van der Waals surface area contributed by atoms with Gasteiger partial charge in [0.2, 0.25) is 0 Å². The van der Waals surface area contributed by atoms with Crippen LogP contribution in [0.25, 0.3) is 16.6 Å². The van der Waals surface area contributed by atoms with E-state index in [0.29, 0.717) is 19.6 Å². The lowest BCUT2D eigenvalue weighted by atomic mass is 9.95. The zero-order valence-corrected chi connectivity index (χ0v) is 16.9. The van der Waals surface area contributed by atoms with Crippen LogP contribution in [0.15, 0.2) is 42.6 Å². The summed E-state index contributed by atoms with van der Waals surface area (Å²) < 4.78 is 54.4. The number of alkyl halides is 3. The highest BCUT2D eigenvalue weighted by atomic mass is 19.4. The Bertz CT molecular complexity index is 1030. The number of rotatable bonds is 4. The van der Waals surface area contributed by atoms with Crippen molar-refractivity contribution in [1.29, 1.82) is 0 Å². The maximum atomic E-state index is 13.3. The molecule has 0 aliphatic carbocycles. The Balaban J connectivity index is 1.68. The normalized spacial score (nSPS) is 19.3. The van der Waals surface area contributed by atoms with Gasteiger partial charge in [0, 0.05) is 37.6 Å². The number of piperazine rings is 1. The van der Waals surface area contributed by atoms with Gasteiger partial charge in [-0.3, -0.25) is 4.90 Å². The lowest BCUT2D eigenvalue weighted by Gasteiger charge is -2.39. The van der Waals surface area contributed by atoms with Gasteiger partial charge in [-0.2, -0.15) is 18.3 Å². The highest BCUT2D eigenvalue weighted by Gasteiger charge is 2.39. The maximum absolute atomic E-state index is 13.3. The summed E-state index contributed by atoms with van der Waals surface area (Å²) in [6.45, 7) is 5.02. The monoisotopic (exact) mass is 420 g/mol. The van der Waals surface area contributed by atoms with Gasteiger partial charge in [0.1, 0.15) is 5.82 Å². The van der Waals surface area contributed by atoms with Crippen LogP contribution in [-0.4, -0.2) is 47.0 Å². The van der Waals surface area contributed by atoms with E-state index in [1.165, 1.54) is 19.1 Å². The molecule has 1 fully saturated rings. The maximum Gasteiger partial charge on any atom is 0.392 e. The minimum atomic E-state index is -4.20. The highest BCUT2D eigenvalue weighted by molar-refractivity contribution is 5.82. The fourth-order valence-electron chi connectivity index (χ4n) is 4.07. The molecule has 2 atom stereocenters. The van der Waals surface area contributed by atoms with Crippen molar-refractivity contribution in [3.63, 3.8) is 0 Å². The molecule has 4 rings (SSSR count).